The minimum Gasteiger partial charge on any atom is -0.481 e. The van der Waals surface area contributed by atoms with Gasteiger partial charge in [-0.15, -0.1) is 0 Å². The van der Waals surface area contributed by atoms with E-state index in [1.165, 1.54) is 0 Å². The predicted octanol–water partition coefficient (Wildman–Crippen LogP) is 4.18. The average molecular weight is 488 g/mol. The van der Waals surface area contributed by atoms with Gasteiger partial charge < -0.3 is 19.9 Å². The second-order valence-corrected chi connectivity index (χ2v) is 8.35. The number of carboxylic acids is 1. The highest BCUT2D eigenvalue weighted by Gasteiger charge is 2.30. The highest BCUT2D eigenvalue weighted by atomic mass is 16.6. The lowest BCUT2D eigenvalue weighted by Gasteiger charge is -2.18. The summed E-state index contributed by atoms with van der Waals surface area (Å²) in [5.41, 5.74) is 4.60. The van der Waals surface area contributed by atoms with E-state index in [4.69, 9.17) is 14.6 Å². The molecule has 4 rings (SSSR count). The summed E-state index contributed by atoms with van der Waals surface area (Å²) in [6.07, 6.45) is -1.47. The van der Waals surface area contributed by atoms with E-state index in [1.54, 1.807) is 30.3 Å². The third kappa shape index (κ3) is 5.78. The van der Waals surface area contributed by atoms with Gasteiger partial charge >= 0.3 is 18.0 Å². The van der Waals surface area contributed by atoms with Gasteiger partial charge in [-0.25, -0.2) is 9.59 Å². The van der Waals surface area contributed by atoms with Gasteiger partial charge in [0.05, 0.1) is 0 Å². The van der Waals surface area contributed by atoms with Crippen LogP contribution in [0, 0.1) is 0 Å². The molecular formula is C28H25NO7. The van der Waals surface area contributed by atoms with Crippen molar-refractivity contribution in [3.05, 3.63) is 95.6 Å². The van der Waals surface area contributed by atoms with Crippen LogP contribution in [-0.4, -0.2) is 48.2 Å². The van der Waals surface area contributed by atoms with E-state index >= 15 is 0 Å². The molecule has 2 N–H and O–H groups in total. The summed E-state index contributed by atoms with van der Waals surface area (Å²) in [6.45, 7) is -0.494. The number of carbonyl (C=O) groups is 4. The summed E-state index contributed by atoms with van der Waals surface area (Å²) < 4.78 is 10.5. The van der Waals surface area contributed by atoms with E-state index < -0.39 is 36.5 Å². The van der Waals surface area contributed by atoms with Crippen molar-refractivity contribution in [3.63, 3.8) is 0 Å². The van der Waals surface area contributed by atoms with Crippen LogP contribution in [0.15, 0.2) is 78.9 Å². The summed E-state index contributed by atoms with van der Waals surface area (Å²) in [5, 5.41) is 11.4. The maximum absolute atomic E-state index is 12.6. The Labute approximate surface area is 207 Å². The van der Waals surface area contributed by atoms with Crippen LogP contribution in [0.3, 0.4) is 0 Å². The molecule has 0 bridgehead atoms. The zero-order valence-corrected chi connectivity index (χ0v) is 19.4. The summed E-state index contributed by atoms with van der Waals surface area (Å²) in [7, 11) is 0. The number of benzene rings is 3. The van der Waals surface area contributed by atoms with Gasteiger partial charge in [-0.3, -0.25) is 9.59 Å². The van der Waals surface area contributed by atoms with Gasteiger partial charge in [-0.1, -0.05) is 78.9 Å². The zero-order valence-electron chi connectivity index (χ0n) is 19.4. The first-order chi connectivity index (χ1) is 17.4. The second-order valence-electron chi connectivity index (χ2n) is 8.35. The standard InChI is InChI=1S/C28H25NO7/c30-25(18-8-2-1-3-9-18)17-35-27(33)24(14-15-26(31)32)29-28(34)36-16-23-21-12-6-4-10-19(21)20-11-5-7-13-22(20)23/h1-13,23-24H,14-17H2,(H,29,34)(H,31,32)/t24-/m0/s1. The number of hydrogen-bond acceptors (Lipinski definition) is 6. The van der Waals surface area contributed by atoms with Crippen molar-refractivity contribution in [3.8, 4) is 11.1 Å². The average Bonchev–Trinajstić information content (AvgIpc) is 3.22. The highest BCUT2D eigenvalue weighted by Crippen LogP contribution is 2.44. The van der Waals surface area contributed by atoms with Crippen LogP contribution in [0.1, 0.15) is 40.2 Å². The van der Waals surface area contributed by atoms with Crippen molar-refractivity contribution in [2.75, 3.05) is 13.2 Å². The van der Waals surface area contributed by atoms with Gasteiger partial charge in [0.2, 0.25) is 0 Å². The van der Waals surface area contributed by atoms with Gasteiger partial charge in [0.25, 0.3) is 0 Å². The fourth-order valence-corrected chi connectivity index (χ4v) is 4.24. The smallest absolute Gasteiger partial charge is 0.407 e. The minimum atomic E-state index is -1.28. The molecule has 8 nitrogen and oxygen atoms in total. The lowest BCUT2D eigenvalue weighted by molar-refractivity contribution is -0.145. The Morgan fingerprint density at radius 1 is 0.806 bits per heavy atom. The fourth-order valence-electron chi connectivity index (χ4n) is 4.24. The van der Waals surface area contributed by atoms with Gasteiger partial charge in [0, 0.05) is 17.9 Å². The SMILES string of the molecule is O=C(O)CC[C@H](NC(=O)OCC1c2ccccc2-c2ccccc21)C(=O)OCC(=O)c1ccccc1. The molecule has 0 saturated heterocycles. The van der Waals surface area contributed by atoms with Crippen LogP contribution in [-0.2, 0) is 19.1 Å². The Morgan fingerprint density at radius 3 is 2.00 bits per heavy atom. The van der Waals surface area contributed by atoms with Gasteiger partial charge in [-0.2, -0.15) is 0 Å². The molecule has 0 aliphatic heterocycles. The number of alkyl carbamates (subject to hydrolysis) is 1. The van der Waals surface area contributed by atoms with E-state index in [-0.39, 0.29) is 25.4 Å². The molecule has 0 heterocycles. The molecule has 0 radical (unpaired) electrons. The molecule has 0 spiro atoms. The van der Waals surface area contributed by atoms with Crippen LogP contribution >= 0.6 is 0 Å². The Hall–Kier alpha value is -4.46. The summed E-state index contributed by atoms with van der Waals surface area (Å²) in [5.74, 6) is -2.63. The van der Waals surface area contributed by atoms with Crippen molar-refractivity contribution in [1.82, 2.24) is 5.32 Å². The van der Waals surface area contributed by atoms with Crippen molar-refractivity contribution in [1.29, 1.82) is 0 Å². The number of ketones is 1. The Balaban J connectivity index is 1.37. The predicted molar refractivity (Wildman–Crippen MR) is 131 cm³/mol. The first-order valence-corrected chi connectivity index (χ1v) is 11.5. The molecule has 3 aromatic carbocycles. The summed E-state index contributed by atoms with van der Waals surface area (Å²) in [6, 6.07) is 22.8. The first kappa shape index (κ1) is 24.7. The second kappa shape index (κ2) is 11.3. The largest absolute Gasteiger partial charge is 0.481 e. The number of Topliss-reactive ketones (excluding diaryl/α,β-unsaturated/α-hetero) is 1. The van der Waals surface area contributed by atoms with Crippen LogP contribution in [0.4, 0.5) is 4.79 Å². The van der Waals surface area contributed by atoms with E-state index in [9.17, 15) is 19.2 Å². The molecule has 1 amide bonds. The lowest BCUT2D eigenvalue weighted by atomic mass is 9.98. The lowest BCUT2D eigenvalue weighted by Crippen LogP contribution is -2.43. The number of aliphatic carboxylic acids is 1. The monoisotopic (exact) mass is 487 g/mol. The normalized spacial score (nSPS) is 12.7. The number of rotatable bonds is 10. The number of ether oxygens (including phenoxy) is 2. The molecule has 3 aromatic rings. The molecule has 0 fully saturated rings. The number of fused-ring (bicyclic) bond motifs is 3. The third-order valence-corrected chi connectivity index (χ3v) is 6.01. The number of carbonyl (C=O) groups excluding carboxylic acids is 3. The molecule has 1 atom stereocenters. The van der Waals surface area contributed by atoms with Crippen LogP contribution in [0.5, 0.6) is 0 Å². The number of nitrogens with one attached hydrogen (secondary N) is 1. The highest BCUT2D eigenvalue weighted by molar-refractivity contribution is 5.98. The van der Waals surface area contributed by atoms with Gasteiger partial charge in [-0.05, 0) is 28.7 Å². The summed E-state index contributed by atoms with van der Waals surface area (Å²) in [4.78, 5) is 48.4. The zero-order chi connectivity index (χ0) is 25.5. The molecule has 0 unspecified atom stereocenters. The van der Waals surface area contributed by atoms with Crippen molar-refractivity contribution in [2.24, 2.45) is 0 Å². The van der Waals surface area contributed by atoms with E-state index in [0.717, 1.165) is 22.3 Å². The van der Waals surface area contributed by atoms with Crippen molar-refractivity contribution in [2.45, 2.75) is 24.8 Å². The Kier molecular flexibility index (Phi) is 7.75. The molecule has 1 aliphatic rings. The Bertz CT molecular complexity index is 1230. The molecule has 184 valence electrons. The minimum absolute atomic E-state index is 0.0348. The number of esters is 1. The quantitative estimate of drug-likeness (QED) is 0.325. The topological polar surface area (TPSA) is 119 Å². The van der Waals surface area contributed by atoms with Gasteiger partial charge in [0.1, 0.15) is 12.6 Å². The van der Waals surface area contributed by atoms with Crippen molar-refractivity contribution < 1.29 is 33.8 Å². The molecule has 1 aliphatic carbocycles. The molecule has 8 heteroatoms. The third-order valence-electron chi connectivity index (χ3n) is 6.01. The molecule has 36 heavy (non-hydrogen) atoms. The van der Waals surface area contributed by atoms with Crippen LogP contribution in [0.25, 0.3) is 11.1 Å². The number of amides is 1. The van der Waals surface area contributed by atoms with E-state index in [1.807, 2.05) is 48.5 Å². The fraction of sp³-hybridized carbons (Fsp3) is 0.214. The van der Waals surface area contributed by atoms with Crippen LogP contribution in [0.2, 0.25) is 0 Å². The number of hydrogen-bond donors (Lipinski definition) is 2. The maximum atomic E-state index is 12.6. The Morgan fingerprint density at radius 2 is 1.39 bits per heavy atom. The molecule has 0 saturated carbocycles. The molecule has 0 aromatic heterocycles. The van der Waals surface area contributed by atoms with Crippen LogP contribution < -0.4 is 5.32 Å². The summed E-state index contributed by atoms with van der Waals surface area (Å²) >= 11 is 0. The van der Waals surface area contributed by atoms with Gasteiger partial charge in [0.15, 0.2) is 12.4 Å². The van der Waals surface area contributed by atoms with E-state index in [2.05, 4.69) is 5.32 Å². The molecular weight excluding hydrogens is 462 g/mol. The van der Waals surface area contributed by atoms with E-state index in [0.29, 0.717) is 5.56 Å². The maximum Gasteiger partial charge on any atom is 0.407 e. The van der Waals surface area contributed by atoms with Crippen molar-refractivity contribution >= 4 is 23.8 Å². The first-order valence-electron chi connectivity index (χ1n) is 11.5. The number of carboxylic acid groups (broad SMARTS) is 1.